The molecule has 142 valence electrons. The summed E-state index contributed by atoms with van der Waals surface area (Å²) < 4.78 is 1.78. The summed E-state index contributed by atoms with van der Waals surface area (Å²) in [6.45, 7) is 8.22. The summed E-state index contributed by atoms with van der Waals surface area (Å²) in [4.78, 5) is 18.3. The third-order valence-electron chi connectivity index (χ3n) is 4.23. The molecule has 8 nitrogen and oxygen atoms in total. The third kappa shape index (κ3) is 4.15. The molecule has 0 aliphatic carbocycles. The number of para-hydroxylation sites is 1. The third-order valence-corrected chi connectivity index (χ3v) is 5.10. The van der Waals surface area contributed by atoms with E-state index in [1.54, 1.807) is 4.57 Å². The number of hydrogen-bond acceptors (Lipinski definition) is 6. The fourth-order valence-electron chi connectivity index (χ4n) is 2.76. The van der Waals surface area contributed by atoms with Crippen molar-refractivity contribution >= 4 is 39.1 Å². The number of anilines is 1. The highest BCUT2D eigenvalue weighted by molar-refractivity contribution is 7.13. The predicted octanol–water partition coefficient (Wildman–Crippen LogP) is 4.73. The fourth-order valence-corrected chi connectivity index (χ4v) is 3.44. The van der Waals surface area contributed by atoms with E-state index in [0.29, 0.717) is 11.8 Å². The van der Waals surface area contributed by atoms with Crippen LogP contribution in [0.15, 0.2) is 39.9 Å². The minimum Gasteiger partial charge on any atom is -0.493 e. The van der Waals surface area contributed by atoms with Crippen LogP contribution in [0.3, 0.4) is 0 Å². The number of azo groups is 1. The number of fused-ring (bicyclic) bond motifs is 1. The van der Waals surface area contributed by atoms with Gasteiger partial charge in [0, 0.05) is 10.8 Å². The first-order valence-corrected chi connectivity index (χ1v) is 9.58. The Balaban J connectivity index is 1.89. The van der Waals surface area contributed by atoms with Crippen LogP contribution in [-0.2, 0) is 6.67 Å². The van der Waals surface area contributed by atoms with Gasteiger partial charge in [-0.1, -0.05) is 37.2 Å². The first-order valence-electron chi connectivity index (χ1n) is 8.70. The lowest BCUT2D eigenvalue weighted by molar-refractivity contribution is 0.233. The number of nitrogens with one attached hydrogen (secondary N) is 1. The fraction of sp³-hybridized carbons (Fsp3) is 0.333. The molecule has 9 heteroatoms. The van der Waals surface area contributed by atoms with Gasteiger partial charge in [-0.2, -0.15) is 0 Å². The van der Waals surface area contributed by atoms with Gasteiger partial charge in [0.05, 0.1) is 17.9 Å². The topological polar surface area (TPSA) is 95.1 Å². The van der Waals surface area contributed by atoms with Gasteiger partial charge < -0.3 is 5.11 Å². The molecule has 2 N–H and O–H groups in total. The van der Waals surface area contributed by atoms with Crippen LogP contribution in [0, 0.1) is 6.92 Å². The van der Waals surface area contributed by atoms with Crippen LogP contribution in [0.5, 0.6) is 5.88 Å². The van der Waals surface area contributed by atoms with Crippen molar-refractivity contribution in [3.8, 4) is 5.88 Å². The van der Waals surface area contributed by atoms with E-state index < -0.39 is 6.03 Å². The number of nitrogens with zero attached hydrogens (tertiary/aromatic N) is 5. The molecule has 2 amide bonds. The molecule has 27 heavy (non-hydrogen) atoms. The number of amides is 2. The van der Waals surface area contributed by atoms with Gasteiger partial charge in [-0.3, -0.25) is 14.8 Å². The van der Waals surface area contributed by atoms with E-state index in [-0.39, 0.29) is 11.6 Å². The number of rotatable bonds is 6. The lowest BCUT2D eigenvalue weighted by Gasteiger charge is -2.19. The number of aromatic nitrogens is 2. The number of aryl methyl sites for hydroxylation is 1. The Bertz CT molecular complexity index is 974. The van der Waals surface area contributed by atoms with Crippen LogP contribution in [-0.4, -0.2) is 38.7 Å². The van der Waals surface area contributed by atoms with Crippen molar-refractivity contribution in [2.45, 2.75) is 27.4 Å². The average molecular weight is 386 g/mol. The van der Waals surface area contributed by atoms with E-state index in [0.717, 1.165) is 29.7 Å². The number of carbonyl (C=O) groups excluding carboxylic acids is 1. The Morgan fingerprint density at radius 1 is 1.33 bits per heavy atom. The number of carbonyl (C=O) groups is 1. The van der Waals surface area contributed by atoms with Crippen LogP contribution in [0.2, 0.25) is 0 Å². The Kier molecular flexibility index (Phi) is 5.82. The second-order valence-corrected chi connectivity index (χ2v) is 6.84. The van der Waals surface area contributed by atoms with Crippen LogP contribution < -0.4 is 5.32 Å². The van der Waals surface area contributed by atoms with Crippen molar-refractivity contribution in [1.29, 1.82) is 0 Å². The smallest absolute Gasteiger partial charge is 0.365 e. The molecular formula is C18H22N6O2S. The number of benzene rings is 1. The Morgan fingerprint density at radius 3 is 2.74 bits per heavy atom. The molecule has 0 fully saturated rings. The van der Waals surface area contributed by atoms with Crippen molar-refractivity contribution < 1.29 is 9.90 Å². The van der Waals surface area contributed by atoms with Crippen molar-refractivity contribution in [2.75, 3.05) is 18.4 Å². The predicted molar refractivity (Wildman–Crippen MR) is 107 cm³/mol. The van der Waals surface area contributed by atoms with Gasteiger partial charge in [0.1, 0.15) is 0 Å². The monoisotopic (exact) mass is 386 g/mol. The Hall–Kier alpha value is -2.78. The molecule has 0 saturated carbocycles. The van der Waals surface area contributed by atoms with Crippen molar-refractivity contribution in [3.05, 3.63) is 35.3 Å². The molecule has 0 aliphatic heterocycles. The second kappa shape index (κ2) is 8.28. The molecule has 3 aromatic rings. The van der Waals surface area contributed by atoms with Gasteiger partial charge in [-0.25, -0.2) is 9.78 Å². The molecule has 0 saturated heterocycles. The van der Waals surface area contributed by atoms with E-state index in [2.05, 4.69) is 39.3 Å². The number of hydrogen-bond donors (Lipinski definition) is 2. The zero-order valence-corrected chi connectivity index (χ0v) is 16.3. The lowest BCUT2D eigenvalue weighted by atomic mass is 10.2. The summed E-state index contributed by atoms with van der Waals surface area (Å²) in [5.74, 6) is -0.00950. The van der Waals surface area contributed by atoms with E-state index in [1.165, 1.54) is 11.3 Å². The van der Waals surface area contributed by atoms with Gasteiger partial charge in [-0.05, 0) is 26.1 Å². The molecule has 2 aromatic heterocycles. The Labute approximate surface area is 161 Å². The molecule has 0 atom stereocenters. The van der Waals surface area contributed by atoms with Gasteiger partial charge in [0.25, 0.3) is 0 Å². The van der Waals surface area contributed by atoms with Crippen LogP contribution in [0.1, 0.15) is 19.5 Å². The highest BCUT2D eigenvalue weighted by atomic mass is 32.1. The highest BCUT2D eigenvalue weighted by Crippen LogP contribution is 2.38. The summed E-state index contributed by atoms with van der Waals surface area (Å²) in [6.07, 6.45) is 0. The first kappa shape index (κ1) is 19.0. The molecule has 3 rings (SSSR count). The quantitative estimate of drug-likeness (QED) is 0.599. The van der Waals surface area contributed by atoms with Gasteiger partial charge in [0.15, 0.2) is 10.8 Å². The largest absolute Gasteiger partial charge is 0.493 e. The minimum atomic E-state index is -0.635. The maximum atomic E-state index is 12.0. The molecular weight excluding hydrogens is 364 g/mol. The summed E-state index contributed by atoms with van der Waals surface area (Å²) in [5.41, 5.74) is 1.94. The molecule has 0 bridgehead atoms. The van der Waals surface area contributed by atoms with E-state index in [9.17, 15) is 9.90 Å². The van der Waals surface area contributed by atoms with Crippen molar-refractivity contribution in [2.24, 2.45) is 10.2 Å². The summed E-state index contributed by atoms with van der Waals surface area (Å²) in [5, 5.41) is 24.0. The van der Waals surface area contributed by atoms with Crippen molar-refractivity contribution in [3.63, 3.8) is 0 Å². The Morgan fingerprint density at radius 2 is 2.07 bits per heavy atom. The summed E-state index contributed by atoms with van der Waals surface area (Å²) in [7, 11) is 0. The van der Waals surface area contributed by atoms with E-state index >= 15 is 0 Å². The van der Waals surface area contributed by atoms with Gasteiger partial charge in [-0.15, -0.1) is 16.5 Å². The lowest BCUT2D eigenvalue weighted by Crippen LogP contribution is -2.25. The standard InChI is InChI=1S/C18H22N6O2S/c1-4-23(5-2)11-24-14-9-7-6-8-13(14)15(16(24)25)21-22-17(26)20-18-19-12(3)10-27-18/h6-10,25H,4-5,11H2,1-3H3,(H,19,20,26). The summed E-state index contributed by atoms with van der Waals surface area (Å²) >= 11 is 1.32. The average Bonchev–Trinajstić information content (AvgIpc) is 3.18. The normalized spacial score (nSPS) is 11.7. The molecule has 0 aliphatic rings. The molecule has 2 heterocycles. The minimum absolute atomic E-state index is 0.00950. The maximum absolute atomic E-state index is 12.0. The molecule has 1 aromatic carbocycles. The number of thiazole rings is 1. The SMILES string of the molecule is CCN(CC)Cn1c(O)c(N=NC(=O)Nc2nc(C)cs2)c2ccccc21. The highest BCUT2D eigenvalue weighted by Gasteiger charge is 2.18. The van der Waals surface area contributed by atoms with Gasteiger partial charge in [0.2, 0.25) is 5.88 Å². The van der Waals surface area contributed by atoms with Crippen LogP contribution in [0.4, 0.5) is 15.6 Å². The zero-order chi connectivity index (χ0) is 19.4. The van der Waals surface area contributed by atoms with E-state index in [1.807, 2.05) is 36.6 Å². The van der Waals surface area contributed by atoms with Gasteiger partial charge >= 0.3 is 6.03 Å². The van der Waals surface area contributed by atoms with Crippen molar-refractivity contribution in [1.82, 2.24) is 14.5 Å². The van der Waals surface area contributed by atoms with E-state index in [4.69, 9.17) is 0 Å². The van der Waals surface area contributed by atoms with Crippen LogP contribution >= 0.6 is 11.3 Å². The zero-order valence-electron chi connectivity index (χ0n) is 15.5. The first-order chi connectivity index (χ1) is 13.0. The second-order valence-electron chi connectivity index (χ2n) is 5.99. The van der Waals surface area contributed by atoms with Crippen LogP contribution in [0.25, 0.3) is 10.9 Å². The molecule has 0 unspecified atom stereocenters. The number of aromatic hydroxyl groups is 1. The number of urea groups is 1. The molecule has 0 spiro atoms. The summed E-state index contributed by atoms with van der Waals surface area (Å²) in [6, 6.07) is 6.89. The molecule has 0 radical (unpaired) electrons. The maximum Gasteiger partial charge on any atom is 0.365 e.